The first-order valence-corrected chi connectivity index (χ1v) is 16.1. The Kier molecular flexibility index (Phi) is 9.93. The monoisotopic (exact) mass is 650 g/mol. The zero-order valence-corrected chi connectivity index (χ0v) is 28.9. The van der Waals surface area contributed by atoms with E-state index in [1.807, 2.05) is 52.0 Å². The Morgan fingerprint density at radius 1 is 0.583 bits per heavy atom. The van der Waals surface area contributed by atoms with Gasteiger partial charge in [-0.25, -0.2) is 9.97 Å². The molecule has 2 N–H and O–H groups in total. The number of H-pyrrole nitrogens is 2. The zero-order valence-electron chi connectivity index (χ0n) is 28.9. The molecule has 3 aromatic heterocycles. The highest BCUT2D eigenvalue weighted by Crippen LogP contribution is 2.37. The van der Waals surface area contributed by atoms with Crippen LogP contribution >= 0.6 is 0 Å². The van der Waals surface area contributed by atoms with Crippen molar-refractivity contribution in [2.24, 2.45) is 0 Å². The lowest BCUT2D eigenvalue weighted by Gasteiger charge is -2.03. The molecule has 0 saturated heterocycles. The fraction of sp³-hybridized carbons (Fsp3) is 0.368. The number of hydrogen-bond acceptors (Lipinski definition) is 8. The molecule has 0 aromatic carbocycles. The number of carbonyl (C=O) groups is 4. The maximum Gasteiger partial charge on any atom is 0.305 e. The Labute approximate surface area is 279 Å². The molecule has 0 unspecified atom stereocenters. The van der Waals surface area contributed by atoms with Gasteiger partial charge in [-0.3, -0.25) is 19.2 Å². The van der Waals surface area contributed by atoms with Crippen LogP contribution in [0.1, 0.15) is 98.4 Å². The SMILES string of the molecule is COC(=O)CCc1c(C)c2cc3nc(cc4nc(cc5[nH]c(cc1[nH]2)c(CCC(=O)OC)c5C)C(CC(C)=O)=C4C)C(CC(C)=O)=C3C. The number of rotatable bonds is 10. The van der Waals surface area contributed by atoms with E-state index in [1.54, 1.807) is 13.8 Å². The number of nitrogens with zero attached hydrogens (tertiary/aromatic N) is 2. The molecule has 2 aliphatic heterocycles. The van der Waals surface area contributed by atoms with Gasteiger partial charge < -0.3 is 19.4 Å². The highest BCUT2D eigenvalue weighted by molar-refractivity contribution is 6.02. The average molecular weight is 651 g/mol. The Balaban J connectivity index is 1.92. The van der Waals surface area contributed by atoms with Gasteiger partial charge in [0.2, 0.25) is 0 Å². The maximum absolute atomic E-state index is 12.4. The third kappa shape index (κ3) is 6.93. The van der Waals surface area contributed by atoms with Gasteiger partial charge >= 0.3 is 11.9 Å². The van der Waals surface area contributed by atoms with Gasteiger partial charge in [-0.1, -0.05) is 0 Å². The highest BCUT2D eigenvalue weighted by atomic mass is 16.5. The minimum Gasteiger partial charge on any atom is -0.469 e. The summed E-state index contributed by atoms with van der Waals surface area (Å²) >= 11 is 0. The molecule has 0 spiro atoms. The van der Waals surface area contributed by atoms with Crippen LogP contribution in [0.15, 0.2) is 24.3 Å². The molecule has 0 atom stereocenters. The van der Waals surface area contributed by atoms with Crippen molar-refractivity contribution in [2.45, 2.75) is 80.1 Å². The molecule has 5 heterocycles. The van der Waals surface area contributed by atoms with Crippen LogP contribution in [0.4, 0.5) is 0 Å². The van der Waals surface area contributed by atoms with E-state index in [4.69, 9.17) is 19.4 Å². The van der Waals surface area contributed by atoms with Crippen molar-refractivity contribution in [1.29, 1.82) is 0 Å². The van der Waals surface area contributed by atoms with Crippen molar-refractivity contribution in [2.75, 3.05) is 14.2 Å². The van der Waals surface area contributed by atoms with Crippen molar-refractivity contribution >= 4 is 67.9 Å². The molecule has 2 aliphatic rings. The van der Waals surface area contributed by atoms with Crippen LogP contribution in [0, 0.1) is 13.8 Å². The van der Waals surface area contributed by atoms with Gasteiger partial charge in [-0.15, -0.1) is 0 Å². The van der Waals surface area contributed by atoms with E-state index in [0.717, 1.165) is 72.3 Å². The minimum absolute atomic E-state index is 0.0159. The molecule has 8 bridgehead atoms. The molecule has 48 heavy (non-hydrogen) atoms. The standard InChI is InChI=1S/C38H42N4O6/c1-19(43)13-27-23(5)30-15-29-21(3)25(9-11-37(45)47-7)33(39-29)18-34-26(10-12-38(46)48-8)22(4)31(40-34)16-35-28(14-20(2)44)24(6)32(42-35)17-36(27)41-30/h15-18,39-40H,9-14H2,1-8H3. The summed E-state index contributed by atoms with van der Waals surface area (Å²) in [4.78, 5) is 66.4. The van der Waals surface area contributed by atoms with Gasteiger partial charge in [0.05, 0.1) is 37.0 Å². The predicted octanol–water partition coefficient (Wildman–Crippen LogP) is 6.96. The molecule has 0 amide bonds. The van der Waals surface area contributed by atoms with Gasteiger partial charge in [0.15, 0.2) is 0 Å². The van der Waals surface area contributed by atoms with Gasteiger partial charge in [-0.05, 0) is 123 Å². The van der Waals surface area contributed by atoms with Crippen LogP contribution in [-0.4, -0.2) is 57.7 Å². The summed E-state index contributed by atoms with van der Waals surface area (Å²) in [5.41, 5.74) is 13.2. The number of ether oxygens (including phenoxy) is 2. The van der Waals surface area contributed by atoms with Gasteiger partial charge in [-0.2, -0.15) is 0 Å². The second-order valence-corrected chi connectivity index (χ2v) is 12.6. The largest absolute Gasteiger partial charge is 0.469 e. The highest BCUT2D eigenvalue weighted by Gasteiger charge is 2.23. The summed E-state index contributed by atoms with van der Waals surface area (Å²) in [5.74, 6) is -0.579. The van der Waals surface area contributed by atoms with Gasteiger partial charge in [0.1, 0.15) is 11.6 Å². The molecule has 3 aromatic rings. The maximum atomic E-state index is 12.4. The lowest BCUT2D eigenvalue weighted by molar-refractivity contribution is -0.141. The molecule has 0 fully saturated rings. The predicted molar refractivity (Wildman–Crippen MR) is 187 cm³/mol. The van der Waals surface area contributed by atoms with Crippen LogP contribution in [0.2, 0.25) is 0 Å². The number of aromatic nitrogens is 4. The second kappa shape index (κ2) is 13.9. The molecule has 5 rings (SSSR count). The van der Waals surface area contributed by atoms with E-state index in [2.05, 4.69) is 9.97 Å². The van der Waals surface area contributed by atoms with E-state index >= 15 is 0 Å². The number of fused-ring (bicyclic) bond motifs is 8. The zero-order chi connectivity index (χ0) is 34.9. The van der Waals surface area contributed by atoms with Crippen molar-refractivity contribution in [1.82, 2.24) is 19.9 Å². The Bertz CT molecular complexity index is 2090. The number of carbonyl (C=O) groups excluding carboxylic acids is 4. The normalized spacial score (nSPS) is 12.8. The van der Waals surface area contributed by atoms with E-state index in [-0.39, 0.29) is 49.2 Å². The van der Waals surface area contributed by atoms with Gasteiger partial charge in [0, 0.05) is 47.8 Å². The first-order valence-electron chi connectivity index (χ1n) is 16.1. The third-order valence-electron chi connectivity index (χ3n) is 9.27. The molecule has 0 radical (unpaired) electrons. The van der Waals surface area contributed by atoms with Crippen LogP contribution in [0.5, 0.6) is 0 Å². The van der Waals surface area contributed by atoms with Crippen LogP contribution < -0.4 is 0 Å². The number of Topliss-reactive ketones (excluding diaryl/α,β-unsaturated/α-hetero) is 2. The van der Waals surface area contributed by atoms with E-state index in [0.29, 0.717) is 29.9 Å². The van der Waals surface area contributed by atoms with Crippen LogP contribution in [-0.2, 0) is 41.5 Å². The van der Waals surface area contributed by atoms with Gasteiger partial charge in [0.25, 0.3) is 0 Å². The summed E-state index contributed by atoms with van der Waals surface area (Å²) in [6.45, 7) is 11.1. The summed E-state index contributed by atoms with van der Waals surface area (Å²) < 4.78 is 9.90. The number of esters is 2. The number of allylic oxidation sites excluding steroid dienone is 4. The first kappa shape index (κ1) is 34.2. The number of methoxy groups -OCH3 is 2. The van der Waals surface area contributed by atoms with Crippen molar-refractivity contribution in [3.8, 4) is 0 Å². The fourth-order valence-electron chi connectivity index (χ4n) is 6.46. The summed E-state index contributed by atoms with van der Waals surface area (Å²) in [6, 6.07) is 7.84. The van der Waals surface area contributed by atoms with Crippen LogP contribution in [0.25, 0.3) is 44.4 Å². The van der Waals surface area contributed by atoms with E-state index in [9.17, 15) is 19.2 Å². The third-order valence-corrected chi connectivity index (χ3v) is 9.27. The molecule has 250 valence electrons. The summed E-state index contributed by atoms with van der Waals surface area (Å²) in [7, 11) is 2.76. The van der Waals surface area contributed by atoms with Crippen molar-refractivity contribution in [3.63, 3.8) is 0 Å². The number of ketones is 2. The molecule has 10 heteroatoms. The topological polar surface area (TPSA) is 144 Å². The summed E-state index contributed by atoms with van der Waals surface area (Å²) in [6.07, 6.45) is 1.72. The molecular formula is C38H42N4O6. The molecular weight excluding hydrogens is 608 g/mol. The van der Waals surface area contributed by atoms with Crippen molar-refractivity contribution in [3.05, 3.63) is 69.3 Å². The Hall–Kier alpha value is -5.12. The number of hydrogen-bond donors (Lipinski definition) is 2. The molecule has 0 aliphatic carbocycles. The molecule has 0 saturated carbocycles. The quantitative estimate of drug-likeness (QED) is 0.224. The Morgan fingerprint density at radius 3 is 1.40 bits per heavy atom. The smallest absolute Gasteiger partial charge is 0.305 e. The number of aromatic amines is 2. The minimum atomic E-state index is -0.310. The number of nitrogens with one attached hydrogen (secondary N) is 2. The number of aryl methyl sites for hydroxylation is 4. The summed E-state index contributed by atoms with van der Waals surface area (Å²) in [5, 5.41) is 0. The Morgan fingerprint density at radius 2 is 0.979 bits per heavy atom. The van der Waals surface area contributed by atoms with Crippen molar-refractivity contribution < 1.29 is 28.7 Å². The molecule has 10 nitrogen and oxygen atoms in total. The van der Waals surface area contributed by atoms with Crippen LogP contribution in [0.3, 0.4) is 0 Å². The first-order chi connectivity index (χ1) is 22.8. The van der Waals surface area contributed by atoms with E-state index in [1.165, 1.54) is 14.2 Å². The lowest BCUT2D eigenvalue weighted by atomic mass is 9.98. The average Bonchev–Trinajstić information content (AvgIpc) is 3.69. The van der Waals surface area contributed by atoms with E-state index < -0.39 is 0 Å². The lowest BCUT2D eigenvalue weighted by Crippen LogP contribution is -2.02. The second-order valence-electron chi connectivity index (χ2n) is 12.6. The fourth-order valence-corrected chi connectivity index (χ4v) is 6.46.